The van der Waals surface area contributed by atoms with Gasteiger partial charge in [0.2, 0.25) is 5.91 Å². The number of amides is 1. The van der Waals surface area contributed by atoms with Gasteiger partial charge in [-0.2, -0.15) is 0 Å². The lowest BCUT2D eigenvalue weighted by Gasteiger charge is -2.18. The summed E-state index contributed by atoms with van der Waals surface area (Å²) in [5.74, 6) is 0.182. The molecule has 0 saturated carbocycles. The zero-order valence-electron chi connectivity index (χ0n) is 12.3. The highest BCUT2D eigenvalue weighted by molar-refractivity contribution is 5.99. The third-order valence-electron chi connectivity index (χ3n) is 4.41. The molecule has 0 spiro atoms. The Bertz CT molecular complexity index is 848. The molecule has 0 unspecified atom stereocenters. The Balaban J connectivity index is 1.65. The number of nitrogens with zero attached hydrogens (tertiary/aromatic N) is 1. The number of anilines is 1. The van der Waals surface area contributed by atoms with E-state index in [2.05, 4.69) is 30.3 Å². The minimum absolute atomic E-state index is 0.182. The monoisotopic (exact) mass is 287 g/mol. The van der Waals surface area contributed by atoms with Gasteiger partial charge in [0.15, 0.2) is 0 Å². The smallest absolute Gasteiger partial charge is 0.231 e. The average molecular weight is 287 g/mol. The molecule has 0 bridgehead atoms. The molecule has 0 saturated heterocycles. The van der Waals surface area contributed by atoms with Crippen LogP contribution in [0.3, 0.4) is 0 Å². The normalized spacial score (nSPS) is 13.4. The van der Waals surface area contributed by atoms with Crippen molar-refractivity contribution >= 4 is 22.4 Å². The van der Waals surface area contributed by atoms with Crippen molar-refractivity contribution in [1.29, 1.82) is 0 Å². The molecule has 0 N–H and O–H groups in total. The second kappa shape index (κ2) is 5.30. The van der Waals surface area contributed by atoms with Gasteiger partial charge in [-0.05, 0) is 34.4 Å². The standard InChI is InChI=1S/C20H17NO/c22-20(21-13-12-16-7-2-4-11-19(16)21)14-17-9-5-8-15-6-1-3-10-18(15)17/h1-11H,12-14H2. The highest BCUT2D eigenvalue weighted by atomic mass is 16.2. The van der Waals surface area contributed by atoms with E-state index in [0.717, 1.165) is 24.2 Å². The molecule has 0 radical (unpaired) electrons. The molecule has 3 aromatic carbocycles. The highest BCUT2D eigenvalue weighted by Gasteiger charge is 2.24. The molecule has 0 fully saturated rings. The fourth-order valence-corrected chi connectivity index (χ4v) is 3.30. The Morgan fingerprint density at radius 2 is 1.68 bits per heavy atom. The van der Waals surface area contributed by atoms with Crippen LogP contribution in [-0.2, 0) is 17.6 Å². The molecule has 0 atom stereocenters. The average Bonchev–Trinajstić information content (AvgIpc) is 2.99. The van der Waals surface area contributed by atoms with Crippen LogP contribution in [0.15, 0.2) is 66.7 Å². The van der Waals surface area contributed by atoms with E-state index in [4.69, 9.17) is 0 Å². The summed E-state index contributed by atoms with van der Waals surface area (Å²) >= 11 is 0. The minimum Gasteiger partial charge on any atom is -0.312 e. The first-order chi connectivity index (χ1) is 10.8. The van der Waals surface area contributed by atoms with Crippen LogP contribution in [0.2, 0.25) is 0 Å². The molecule has 108 valence electrons. The van der Waals surface area contributed by atoms with E-state index in [1.165, 1.54) is 16.3 Å². The largest absolute Gasteiger partial charge is 0.312 e. The van der Waals surface area contributed by atoms with Gasteiger partial charge in [0.25, 0.3) is 0 Å². The van der Waals surface area contributed by atoms with Gasteiger partial charge in [0, 0.05) is 12.2 Å². The van der Waals surface area contributed by atoms with Gasteiger partial charge in [-0.3, -0.25) is 4.79 Å². The topological polar surface area (TPSA) is 20.3 Å². The van der Waals surface area contributed by atoms with Crippen LogP contribution in [0, 0.1) is 0 Å². The first-order valence-electron chi connectivity index (χ1n) is 7.68. The van der Waals surface area contributed by atoms with E-state index in [1.54, 1.807) is 0 Å². The van der Waals surface area contributed by atoms with E-state index in [1.807, 2.05) is 41.3 Å². The summed E-state index contributed by atoms with van der Waals surface area (Å²) in [5.41, 5.74) is 3.45. The van der Waals surface area contributed by atoms with E-state index in [-0.39, 0.29) is 5.91 Å². The van der Waals surface area contributed by atoms with Gasteiger partial charge in [-0.1, -0.05) is 60.7 Å². The van der Waals surface area contributed by atoms with Crippen LogP contribution in [-0.4, -0.2) is 12.5 Å². The zero-order chi connectivity index (χ0) is 14.9. The van der Waals surface area contributed by atoms with Crippen molar-refractivity contribution in [2.24, 2.45) is 0 Å². The molecular weight excluding hydrogens is 270 g/mol. The number of rotatable bonds is 2. The third kappa shape index (κ3) is 2.17. The Hall–Kier alpha value is -2.61. The number of hydrogen-bond acceptors (Lipinski definition) is 1. The van der Waals surface area contributed by atoms with Gasteiger partial charge >= 0.3 is 0 Å². The molecule has 1 aliphatic rings. The first-order valence-corrected chi connectivity index (χ1v) is 7.68. The second-order valence-electron chi connectivity index (χ2n) is 5.74. The molecule has 1 amide bonds. The Labute approximate surface area is 130 Å². The number of hydrogen-bond donors (Lipinski definition) is 0. The summed E-state index contributed by atoms with van der Waals surface area (Å²) in [5, 5.41) is 2.36. The lowest BCUT2D eigenvalue weighted by Crippen LogP contribution is -2.30. The van der Waals surface area contributed by atoms with Crippen molar-refractivity contribution in [3.8, 4) is 0 Å². The number of benzene rings is 3. The maximum absolute atomic E-state index is 12.7. The van der Waals surface area contributed by atoms with Crippen LogP contribution < -0.4 is 4.90 Å². The fourth-order valence-electron chi connectivity index (χ4n) is 3.30. The Kier molecular flexibility index (Phi) is 3.15. The molecular formula is C20H17NO. The van der Waals surface area contributed by atoms with Crippen LogP contribution in [0.4, 0.5) is 5.69 Å². The van der Waals surface area contributed by atoms with Gasteiger partial charge in [-0.15, -0.1) is 0 Å². The van der Waals surface area contributed by atoms with E-state index < -0.39 is 0 Å². The summed E-state index contributed by atoms with van der Waals surface area (Å²) in [6, 6.07) is 22.6. The number of para-hydroxylation sites is 1. The van der Waals surface area contributed by atoms with Gasteiger partial charge in [0.1, 0.15) is 0 Å². The molecule has 2 heteroatoms. The molecule has 22 heavy (non-hydrogen) atoms. The predicted molar refractivity (Wildman–Crippen MR) is 90.2 cm³/mol. The van der Waals surface area contributed by atoms with Crippen LogP contribution >= 0.6 is 0 Å². The van der Waals surface area contributed by atoms with Crippen LogP contribution in [0.1, 0.15) is 11.1 Å². The molecule has 3 aromatic rings. The molecule has 1 aliphatic heterocycles. The minimum atomic E-state index is 0.182. The van der Waals surface area contributed by atoms with Crippen molar-refractivity contribution in [1.82, 2.24) is 0 Å². The lowest BCUT2D eigenvalue weighted by molar-refractivity contribution is -0.117. The molecule has 0 aromatic heterocycles. The fraction of sp³-hybridized carbons (Fsp3) is 0.150. The van der Waals surface area contributed by atoms with Crippen molar-refractivity contribution in [2.45, 2.75) is 12.8 Å². The van der Waals surface area contributed by atoms with Crippen molar-refractivity contribution < 1.29 is 4.79 Å². The van der Waals surface area contributed by atoms with Crippen LogP contribution in [0.25, 0.3) is 10.8 Å². The Morgan fingerprint density at radius 3 is 2.64 bits per heavy atom. The van der Waals surface area contributed by atoms with Crippen molar-refractivity contribution in [2.75, 3.05) is 11.4 Å². The highest BCUT2D eigenvalue weighted by Crippen LogP contribution is 2.28. The molecule has 1 heterocycles. The van der Waals surface area contributed by atoms with Crippen LogP contribution in [0.5, 0.6) is 0 Å². The number of carbonyl (C=O) groups excluding carboxylic acids is 1. The van der Waals surface area contributed by atoms with E-state index in [9.17, 15) is 4.79 Å². The summed E-state index contributed by atoms with van der Waals surface area (Å²) in [4.78, 5) is 14.7. The first kappa shape index (κ1) is 13.1. The van der Waals surface area contributed by atoms with E-state index in [0.29, 0.717) is 6.42 Å². The zero-order valence-corrected chi connectivity index (χ0v) is 12.3. The molecule has 2 nitrogen and oxygen atoms in total. The van der Waals surface area contributed by atoms with Crippen molar-refractivity contribution in [3.63, 3.8) is 0 Å². The summed E-state index contributed by atoms with van der Waals surface area (Å²) in [7, 11) is 0. The number of fused-ring (bicyclic) bond motifs is 2. The SMILES string of the molecule is O=C(Cc1cccc2ccccc12)N1CCc2ccccc21. The second-order valence-corrected chi connectivity index (χ2v) is 5.74. The maximum Gasteiger partial charge on any atom is 0.231 e. The van der Waals surface area contributed by atoms with E-state index >= 15 is 0 Å². The van der Waals surface area contributed by atoms with Crippen molar-refractivity contribution in [3.05, 3.63) is 77.9 Å². The quantitative estimate of drug-likeness (QED) is 0.698. The van der Waals surface area contributed by atoms with Gasteiger partial charge in [0.05, 0.1) is 6.42 Å². The molecule has 4 rings (SSSR count). The third-order valence-corrected chi connectivity index (χ3v) is 4.41. The lowest BCUT2D eigenvalue weighted by atomic mass is 10.0. The summed E-state index contributed by atoms with van der Waals surface area (Å²) in [6.07, 6.45) is 1.41. The predicted octanol–water partition coefficient (Wildman–Crippen LogP) is 3.97. The van der Waals surface area contributed by atoms with Gasteiger partial charge < -0.3 is 4.90 Å². The molecule has 0 aliphatic carbocycles. The summed E-state index contributed by atoms with van der Waals surface area (Å²) in [6.45, 7) is 0.795. The van der Waals surface area contributed by atoms with Gasteiger partial charge in [-0.25, -0.2) is 0 Å². The number of carbonyl (C=O) groups is 1. The Morgan fingerprint density at radius 1 is 0.909 bits per heavy atom. The maximum atomic E-state index is 12.7. The summed E-state index contributed by atoms with van der Waals surface area (Å²) < 4.78 is 0.